The summed E-state index contributed by atoms with van der Waals surface area (Å²) in [5.41, 5.74) is 0. The number of hydrogen-bond donors (Lipinski definition) is 1. The first-order chi connectivity index (χ1) is 13.3. The Kier molecular flexibility index (Phi) is 6.42. The lowest BCUT2D eigenvalue weighted by atomic mass is 10.0. The highest BCUT2D eigenvalue weighted by molar-refractivity contribution is 6.99. The number of hydrogen-bond acceptors (Lipinski definition) is 4. The second kappa shape index (κ2) is 8.47. The Morgan fingerprint density at radius 2 is 1.46 bits per heavy atom. The van der Waals surface area contributed by atoms with Crippen LogP contribution in [0.1, 0.15) is 34.1 Å². The van der Waals surface area contributed by atoms with E-state index in [2.05, 4.69) is 69.3 Å². The lowest BCUT2D eigenvalue weighted by molar-refractivity contribution is -0.249. The summed E-state index contributed by atoms with van der Waals surface area (Å²) in [6.45, 7) is 8.76. The van der Waals surface area contributed by atoms with Gasteiger partial charge in [-0.2, -0.15) is 0 Å². The summed E-state index contributed by atoms with van der Waals surface area (Å²) < 4.78 is 18.3. The number of aliphatic hydroxyl groups is 1. The molecule has 0 bridgehead atoms. The van der Waals surface area contributed by atoms with Gasteiger partial charge in [0.1, 0.15) is 6.10 Å². The third-order valence-electron chi connectivity index (χ3n) is 5.64. The lowest BCUT2D eigenvalue weighted by Crippen LogP contribution is -2.69. The van der Waals surface area contributed by atoms with Crippen molar-refractivity contribution in [1.29, 1.82) is 0 Å². The molecule has 1 heterocycles. The zero-order valence-electron chi connectivity index (χ0n) is 17.5. The summed E-state index contributed by atoms with van der Waals surface area (Å²) >= 11 is 0. The van der Waals surface area contributed by atoms with E-state index in [0.717, 1.165) is 0 Å². The van der Waals surface area contributed by atoms with Gasteiger partial charge in [0.05, 0.1) is 12.2 Å². The van der Waals surface area contributed by atoms with Crippen LogP contribution in [0.25, 0.3) is 0 Å². The molecule has 0 saturated carbocycles. The van der Waals surface area contributed by atoms with Gasteiger partial charge in [0, 0.05) is 13.5 Å². The Morgan fingerprint density at radius 3 is 1.89 bits per heavy atom. The van der Waals surface area contributed by atoms with Gasteiger partial charge in [-0.25, -0.2) is 0 Å². The summed E-state index contributed by atoms with van der Waals surface area (Å²) in [5.74, 6) is 0. The van der Waals surface area contributed by atoms with E-state index in [0.29, 0.717) is 6.42 Å². The van der Waals surface area contributed by atoms with Gasteiger partial charge in [-0.3, -0.25) is 0 Å². The molecule has 0 radical (unpaired) electrons. The van der Waals surface area contributed by atoms with Gasteiger partial charge in [0.25, 0.3) is 8.32 Å². The second-order valence-corrected chi connectivity index (χ2v) is 12.8. The summed E-state index contributed by atoms with van der Waals surface area (Å²) in [7, 11) is -1.11. The highest BCUT2D eigenvalue weighted by atomic mass is 28.4. The van der Waals surface area contributed by atoms with E-state index in [1.165, 1.54) is 10.4 Å². The van der Waals surface area contributed by atoms with E-state index < -0.39 is 20.7 Å². The van der Waals surface area contributed by atoms with Crippen molar-refractivity contribution in [3.63, 3.8) is 0 Å². The van der Waals surface area contributed by atoms with Crippen LogP contribution in [-0.2, 0) is 13.9 Å². The molecule has 0 aromatic heterocycles. The highest BCUT2D eigenvalue weighted by Crippen LogP contribution is 2.39. The van der Waals surface area contributed by atoms with Crippen molar-refractivity contribution in [3.8, 4) is 0 Å². The Labute approximate surface area is 169 Å². The largest absolute Gasteiger partial charge is 0.402 e. The van der Waals surface area contributed by atoms with Gasteiger partial charge in [-0.05, 0) is 22.3 Å². The Morgan fingerprint density at radius 1 is 0.964 bits per heavy atom. The Hall–Kier alpha value is -1.50. The predicted molar refractivity (Wildman–Crippen MR) is 114 cm³/mol. The van der Waals surface area contributed by atoms with Crippen molar-refractivity contribution in [1.82, 2.24) is 0 Å². The summed E-state index contributed by atoms with van der Waals surface area (Å²) in [4.78, 5) is 0. The summed E-state index contributed by atoms with van der Waals surface area (Å²) in [6, 6.07) is 21.1. The van der Waals surface area contributed by atoms with Crippen molar-refractivity contribution in [3.05, 3.63) is 60.7 Å². The van der Waals surface area contributed by atoms with Crippen LogP contribution in [0, 0.1) is 0 Å². The molecule has 0 unspecified atom stereocenters. The van der Waals surface area contributed by atoms with Crippen molar-refractivity contribution in [2.24, 2.45) is 0 Å². The highest BCUT2D eigenvalue weighted by Gasteiger charge is 2.53. The minimum atomic E-state index is -2.67. The van der Waals surface area contributed by atoms with Crippen LogP contribution in [0.3, 0.4) is 0 Å². The van der Waals surface area contributed by atoms with E-state index >= 15 is 0 Å². The maximum absolute atomic E-state index is 10.5. The van der Waals surface area contributed by atoms with Gasteiger partial charge >= 0.3 is 0 Å². The topological polar surface area (TPSA) is 47.9 Å². The van der Waals surface area contributed by atoms with Gasteiger partial charge in [0.2, 0.25) is 0 Å². The first kappa shape index (κ1) is 21.2. The summed E-state index contributed by atoms with van der Waals surface area (Å²) in [5, 5.41) is 12.8. The number of benzene rings is 2. The van der Waals surface area contributed by atoms with Crippen LogP contribution in [-0.4, -0.2) is 45.1 Å². The van der Waals surface area contributed by atoms with Crippen molar-refractivity contribution in [2.45, 2.75) is 63.8 Å². The molecule has 1 N–H and O–H groups in total. The van der Waals surface area contributed by atoms with Gasteiger partial charge in [-0.15, -0.1) is 0 Å². The van der Waals surface area contributed by atoms with Crippen LogP contribution in [0.5, 0.6) is 0 Å². The normalized spacial score (nSPS) is 26.2. The quantitative estimate of drug-likeness (QED) is 0.784. The fourth-order valence-electron chi connectivity index (χ4n) is 4.21. The second-order valence-electron chi connectivity index (χ2n) is 8.57. The van der Waals surface area contributed by atoms with Crippen LogP contribution in [0.4, 0.5) is 0 Å². The summed E-state index contributed by atoms with van der Waals surface area (Å²) in [6.07, 6.45) is -1.20. The molecule has 1 aliphatic heterocycles. The van der Waals surface area contributed by atoms with Crippen molar-refractivity contribution in [2.75, 3.05) is 7.11 Å². The molecular formula is C23H32O4Si. The standard InChI is InChI=1S/C23H32O4Si/c1-17-21(16-20(24)22(25-5)26-17)27-28(23(2,3)4,18-12-8-6-9-13-18)19-14-10-7-11-15-19/h6-15,17,20-22,24H,16H2,1-5H3/t17-,20+,21+,22+/m0/s1. The van der Waals surface area contributed by atoms with Crippen LogP contribution >= 0.6 is 0 Å². The number of methoxy groups -OCH3 is 1. The molecule has 2 aromatic carbocycles. The van der Waals surface area contributed by atoms with E-state index in [-0.39, 0.29) is 17.2 Å². The fraction of sp³-hybridized carbons (Fsp3) is 0.478. The van der Waals surface area contributed by atoms with Gasteiger partial charge in [-0.1, -0.05) is 81.4 Å². The molecule has 0 amide bonds. The molecule has 2 aromatic rings. The Bertz CT molecular complexity index is 705. The first-order valence-corrected chi connectivity index (χ1v) is 11.9. The monoisotopic (exact) mass is 400 g/mol. The molecule has 0 spiro atoms. The van der Waals surface area contributed by atoms with E-state index in [1.807, 2.05) is 19.1 Å². The Balaban J connectivity index is 2.09. The molecule has 1 saturated heterocycles. The third-order valence-corrected chi connectivity index (χ3v) is 10.7. The van der Waals surface area contributed by atoms with E-state index in [4.69, 9.17) is 13.9 Å². The molecular weight excluding hydrogens is 368 g/mol. The average Bonchev–Trinajstić information content (AvgIpc) is 2.68. The first-order valence-electron chi connectivity index (χ1n) is 9.95. The number of rotatable bonds is 5. The molecule has 4 nitrogen and oxygen atoms in total. The van der Waals surface area contributed by atoms with Crippen LogP contribution in [0.15, 0.2) is 60.7 Å². The van der Waals surface area contributed by atoms with E-state index in [9.17, 15) is 5.11 Å². The SMILES string of the molecule is CO[C@@H]1O[C@@H](C)[C@H](O[Si](c2ccccc2)(c2ccccc2)C(C)(C)C)C[C@H]1O. The third kappa shape index (κ3) is 3.95. The zero-order chi connectivity index (χ0) is 20.4. The van der Waals surface area contributed by atoms with Crippen LogP contribution < -0.4 is 10.4 Å². The smallest absolute Gasteiger partial charge is 0.261 e. The van der Waals surface area contributed by atoms with Crippen molar-refractivity contribution < 1.29 is 19.0 Å². The molecule has 5 heteroatoms. The lowest BCUT2D eigenvalue weighted by Gasteiger charge is -2.48. The van der Waals surface area contributed by atoms with Gasteiger partial charge in [0.15, 0.2) is 6.29 Å². The maximum atomic E-state index is 10.5. The molecule has 1 aliphatic rings. The number of ether oxygens (including phenoxy) is 2. The van der Waals surface area contributed by atoms with Crippen LogP contribution in [0.2, 0.25) is 5.04 Å². The minimum Gasteiger partial charge on any atom is -0.402 e. The van der Waals surface area contributed by atoms with Gasteiger partial charge < -0.3 is 19.0 Å². The molecule has 152 valence electrons. The van der Waals surface area contributed by atoms with E-state index in [1.54, 1.807) is 7.11 Å². The predicted octanol–water partition coefficient (Wildman–Crippen LogP) is 3.07. The molecule has 1 fully saturated rings. The molecule has 3 rings (SSSR count). The molecule has 0 aliphatic carbocycles. The fourth-order valence-corrected chi connectivity index (χ4v) is 8.96. The van der Waals surface area contributed by atoms with Crippen molar-refractivity contribution >= 4 is 18.7 Å². The molecule has 4 atom stereocenters. The maximum Gasteiger partial charge on any atom is 0.261 e. The molecule has 28 heavy (non-hydrogen) atoms. The number of aliphatic hydroxyl groups excluding tert-OH is 1. The minimum absolute atomic E-state index is 0.113. The zero-order valence-corrected chi connectivity index (χ0v) is 18.5. The average molecular weight is 401 g/mol.